The van der Waals surface area contributed by atoms with Crippen LogP contribution in [-0.2, 0) is 11.2 Å². The Bertz CT molecular complexity index is 981. The van der Waals surface area contributed by atoms with Gasteiger partial charge in [-0.05, 0) is 18.1 Å². The molecule has 0 amide bonds. The number of rotatable bonds is 7. The quantitative estimate of drug-likeness (QED) is 0.435. The molecule has 0 radical (unpaired) electrons. The molecule has 4 N–H and O–H groups in total. The van der Waals surface area contributed by atoms with Crippen LogP contribution in [0.3, 0.4) is 0 Å². The van der Waals surface area contributed by atoms with Gasteiger partial charge in [0, 0.05) is 6.54 Å². The van der Waals surface area contributed by atoms with E-state index in [1.54, 1.807) is 7.11 Å². The fourth-order valence-electron chi connectivity index (χ4n) is 3.50. The average Bonchev–Trinajstić information content (AvgIpc) is 3.30. The molecule has 1 saturated heterocycles. The molecule has 2 aromatic heterocycles. The largest absolute Gasteiger partial charge is 0.496 e. The van der Waals surface area contributed by atoms with Gasteiger partial charge < -0.3 is 30.1 Å². The molecule has 0 bridgehead atoms. The van der Waals surface area contributed by atoms with Crippen molar-refractivity contribution in [1.82, 2.24) is 19.5 Å². The first-order valence-corrected chi connectivity index (χ1v) is 9.29. The van der Waals surface area contributed by atoms with Crippen molar-refractivity contribution in [3.05, 3.63) is 42.5 Å². The van der Waals surface area contributed by atoms with Gasteiger partial charge >= 0.3 is 0 Å². The Balaban J connectivity index is 1.52. The smallest absolute Gasteiger partial charge is 0.167 e. The Morgan fingerprint density at radius 3 is 2.76 bits per heavy atom. The van der Waals surface area contributed by atoms with Crippen LogP contribution in [0.2, 0.25) is 0 Å². The van der Waals surface area contributed by atoms with Crippen LogP contribution in [0.1, 0.15) is 11.8 Å². The predicted octanol–water partition coefficient (Wildman–Crippen LogP) is 0.101. The predicted molar refractivity (Wildman–Crippen MR) is 104 cm³/mol. The number of para-hydroxylation sites is 1. The number of methoxy groups -OCH3 is 1. The maximum Gasteiger partial charge on any atom is 0.167 e. The van der Waals surface area contributed by atoms with E-state index in [-0.39, 0.29) is 0 Å². The Hall–Kier alpha value is -2.79. The van der Waals surface area contributed by atoms with Crippen LogP contribution in [0.5, 0.6) is 5.75 Å². The van der Waals surface area contributed by atoms with Crippen molar-refractivity contribution < 1.29 is 24.8 Å². The third kappa shape index (κ3) is 3.62. The van der Waals surface area contributed by atoms with Crippen LogP contribution in [0.4, 0.5) is 5.82 Å². The molecule has 10 heteroatoms. The van der Waals surface area contributed by atoms with Crippen molar-refractivity contribution in [2.24, 2.45) is 0 Å². The van der Waals surface area contributed by atoms with Crippen LogP contribution in [0, 0.1) is 0 Å². The minimum atomic E-state index is -1.21. The van der Waals surface area contributed by atoms with Gasteiger partial charge in [-0.3, -0.25) is 4.57 Å². The van der Waals surface area contributed by atoms with E-state index in [9.17, 15) is 15.3 Å². The minimum Gasteiger partial charge on any atom is -0.496 e. The van der Waals surface area contributed by atoms with Gasteiger partial charge in [0.1, 0.15) is 30.4 Å². The molecule has 1 aliphatic rings. The van der Waals surface area contributed by atoms with Crippen LogP contribution in [-0.4, -0.2) is 73.4 Å². The summed E-state index contributed by atoms with van der Waals surface area (Å²) in [5, 5.41) is 32.8. The molecule has 3 heterocycles. The van der Waals surface area contributed by atoms with Crippen LogP contribution in [0.15, 0.2) is 36.9 Å². The minimum absolute atomic E-state index is 0.397. The number of ether oxygens (including phenoxy) is 2. The zero-order valence-electron chi connectivity index (χ0n) is 15.8. The molecule has 0 spiro atoms. The number of benzene rings is 1. The van der Waals surface area contributed by atoms with Crippen molar-refractivity contribution in [3.63, 3.8) is 0 Å². The number of aliphatic hydroxyl groups is 3. The lowest BCUT2D eigenvalue weighted by atomic mass is 10.1. The highest BCUT2D eigenvalue weighted by atomic mass is 16.6. The molecule has 0 unspecified atom stereocenters. The van der Waals surface area contributed by atoms with Crippen molar-refractivity contribution in [2.75, 3.05) is 25.6 Å². The topological polar surface area (TPSA) is 135 Å². The molecule has 0 aliphatic carbocycles. The molecular formula is C19H23N5O5. The summed E-state index contributed by atoms with van der Waals surface area (Å²) < 4.78 is 12.5. The molecular weight excluding hydrogens is 378 g/mol. The number of nitrogens with one attached hydrogen (secondary N) is 1. The lowest BCUT2D eigenvalue weighted by Gasteiger charge is -2.16. The summed E-state index contributed by atoms with van der Waals surface area (Å²) in [6.45, 7) is 0.208. The number of nitrogens with zero attached hydrogens (tertiary/aromatic N) is 4. The molecule has 0 saturated carbocycles. The van der Waals surface area contributed by atoms with Gasteiger partial charge in [0.2, 0.25) is 0 Å². The van der Waals surface area contributed by atoms with Gasteiger partial charge in [-0.2, -0.15) is 0 Å². The molecule has 4 atom stereocenters. The highest BCUT2D eigenvalue weighted by Crippen LogP contribution is 2.32. The van der Waals surface area contributed by atoms with Gasteiger partial charge in [0.25, 0.3) is 0 Å². The molecule has 154 valence electrons. The fourth-order valence-corrected chi connectivity index (χ4v) is 3.50. The van der Waals surface area contributed by atoms with E-state index in [0.717, 1.165) is 17.7 Å². The molecule has 1 aliphatic heterocycles. The van der Waals surface area contributed by atoms with E-state index >= 15 is 0 Å². The Labute approximate surface area is 166 Å². The van der Waals surface area contributed by atoms with Crippen LogP contribution < -0.4 is 10.1 Å². The lowest BCUT2D eigenvalue weighted by molar-refractivity contribution is -0.0511. The Kier molecular flexibility index (Phi) is 5.58. The molecule has 10 nitrogen and oxygen atoms in total. The second-order valence-corrected chi connectivity index (χ2v) is 6.76. The van der Waals surface area contributed by atoms with E-state index in [1.807, 2.05) is 24.3 Å². The van der Waals surface area contributed by atoms with E-state index in [4.69, 9.17) is 9.47 Å². The third-order valence-electron chi connectivity index (χ3n) is 5.03. The summed E-state index contributed by atoms with van der Waals surface area (Å²) in [5.74, 6) is 1.38. The first-order chi connectivity index (χ1) is 14.1. The monoisotopic (exact) mass is 401 g/mol. The Morgan fingerprint density at radius 1 is 1.17 bits per heavy atom. The molecule has 3 aromatic rings. The van der Waals surface area contributed by atoms with Gasteiger partial charge in [-0.15, -0.1) is 0 Å². The zero-order valence-corrected chi connectivity index (χ0v) is 15.8. The second kappa shape index (κ2) is 8.29. The van der Waals surface area contributed by atoms with E-state index in [0.29, 0.717) is 23.5 Å². The fraction of sp³-hybridized carbons (Fsp3) is 0.421. The maximum absolute atomic E-state index is 10.3. The normalized spacial score (nSPS) is 24.1. The van der Waals surface area contributed by atoms with Crippen LogP contribution in [0.25, 0.3) is 11.2 Å². The number of anilines is 1. The summed E-state index contributed by atoms with van der Waals surface area (Å²) in [5.41, 5.74) is 2.05. The number of hydrogen-bond acceptors (Lipinski definition) is 9. The molecule has 1 fully saturated rings. The number of imidazole rings is 1. The van der Waals surface area contributed by atoms with Crippen molar-refractivity contribution in [1.29, 1.82) is 0 Å². The molecule has 1 aromatic carbocycles. The summed E-state index contributed by atoms with van der Waals surface area (Å²) >= 11 is 0. The number of aromatic nitrogens is 4. The van der Waals surface area contributed by atoms with E-state index in [1.165, 1.54) is 17.2 Å². The maximum atomic E-state index is 10.3. The molecule has 29 heavy (non-hydrogen) atoms. The highest BCUT2D eigenvalue weighted by Gasteiger charge is 2.44. The van der Waals surface area contributed by atoms with Gasteiger partial charge in [0.15, 0.2) is 23.2 Å². The van der Waals surface area contributed by atoms with E-state index in [2.05, 4.69) is 20.3 Å². The second-order valence-electron chi connectivity index (χ2n) is 6.76. The summed E-state index contributed by atoms with van der Waals surface area (Å²) in [4.78, 5) is 12.9. The standard InChI is InChI=1S/C19H23N5O5/c1-28-12-5-3-2-4-11(12)6-7-20-17-14-18(22-9-21-17)24(10-23-14)19-16(27)15(26)13(8-25)29-19/h2-5,9-10,13,15-16,19,25-27H,6-8H2,1H3,(H,20,21,22)/t13-,15-,16-,19-/m1/s1. The third-order valence-corrected chi connectivity index (χ3v) is 5.03. The lowest BCUT2D eigenvalue weighted by Crippen LogP contribution is -2.33. The van der Waals surface area contributed by atoms with Crippen molar-refractivity contribution in [2.45, 2.75) is 31.0 Å². The Morgan fingerprint density at radius 2 is 2.00 bits per heavy atom. The van der Waals surface area contributed by atoms with E-state index < -0.39 is 31.1 Å². The number of aliphatic hydroxyl groups excluding tert-OH is 3. The summed E-state index contributed by atoms with van der Waals surface area (Å²) in [6.07, 6.45) is -0.566. The van der Waals surface area contributed by atoms with Gasteiger partial charge in [-0.25, -0.2) is 15.0 Å². The SMILES string of the molecule is COc1ccccc1CCNc1ncnc2c1ncn2[C@@H]1O[C@H](CO)[C@@H](O)[C@H]1O. The first-order valence-electron chi connectivity index (χ1n) is 9.29. The van der Waals surface area contributed by atoms with Crippen LogP contribution >= 0.6 is 0 Å². The highest BCUT2D eigenvalue weighted by molar-refractivity contribution is 5.82. The average molecular weight is 401 g/mol. The van der Waals surface area contributed by atoms with Gasteiger partial charge in [0.05, 0.1) is 20.0 Å². The zero-order chi connectivity index (χ0) is 20.4. The van der Waals surface area contributed by atoms with Gasteiger partial charge in [-0.1, -0.05) is 18.2 Å². The number of fused-ring (bicyclic) bond motifs is 1. The number of hydrogen-bond donors (Lipinski definition) is 4. The summed E-state index contributed by atoms with van der Waals surface area (Å²) in [6, 6.07) is 7.81. The van der Waals surface area contributed by atoms with Crippen molar-refractivity contribution >= 4 is 17.0 Å². The summed E-state index contributed by atoms with van der Waals surface area (Å²) in [7, 11) is 1.64. The van der Waals surface area contributed by atoms with Crippen molar-refractivity contribution in [3.8, 4) is 5.75 Å². The first kappa shape index (κ1) is 19.5. The molecule has 4 rings (SSSR count).